The number of nitrogens with one attached hydrogen (secondary N) is 1. The second-order valence-corrected chi connectivity index (χ2v) is 6.06. The number of hydrogen-bond donors (Lipinski definition) is 1. The van der Waals surface area contributed by atoms with Gasteiger partial charge in [-0.3, -0.25) is 9.59 Å². The van der Waals surface area contributed by atoms with E-state index in [1.54, 1.807) is 24.3 Å². The number of nitrogens with zero attached hydrogens (tertiary/aromatic N) is 2. The van der Waals surface area contributed by atoms with Crippen molar-refractivity contribution in [2.75, 3.05) is 6.61 Å². The maximum atomic E-state index is 11.9. The average molecular weight is 381 g/mol. The number of aryl methyl sites for hydroxylation is 1. The number of hydrogen-bond acceptors (Lipinski definition) is 6. The van der Waals surface area contributed by atoms with Gasteiger partial charge in [0, 0.05) is 12.1 Å². The van der Waals surface area contributed by atoms with Gasteiger partial charge in [-0.2, -0.15) is 4.68 Å². The molecule has 0 aliphatic heterocycles. The smallest absolute Gasteiger partial charge is 0.437 e. The molecule has 0 aliphatic rings. The van der Waals surface area contributed by atoms with Gasteiger partial charge in [0.2, 0.25) is 5.89 Å². The third-order valence-electron chi connectivity index (χ3n) is 4.01. The largest absolute Gasteiger partial charge is 0.454 e. The lowest BCUT2D eigenvalue weighted by Gasteiger charge is -2.08. The van der Waals surface area contributed by atoms with E-state index >= 15 is 0 Å². The first-order valence-electron chi connectivity index (χ1n) is 8.63. The molecule has 8 nitrogen and oxygen atoms in total. The molecule has 3 rings (SSSR count). The lowest BCUT2D eigenvalue weighted by atomic mass is 10.1. The summed E-state index contributed by atoms with van der Waals surface area (Å²) in [6.07, 6.45) is 0. The maximum Gasteiger partial charge on any atom is 0.437 e. The Morgan fingerprint density at radius 3 is 2.57 bits per heavy atom. The first-order chi connectivity index (χ1) is 13.5. The van der Waals surface area contributed by atoms with Crippen molar-refractivity contribution in [3.63, 3.8) is 0 Å². The molecule has 0 atom stereocenters. The van der Waals surface area contributed by atoms with Crippen LogP contribution in [0.1, 0.15) is 11.1 Å². The lowest BCUT2D eigenvalue weighted by Crippen LogP contribution is -2.30. The molecule has 3 aromatic rings. The Morgan fingerprint density at radius 2 is 1.82 bits per heavy atom. The minimum Gasteiger partial charge on any atom is -0.454 e. The molecule has 1 N–H and O–H groups in total. The molecular weight excluding hydrogens is 362 g/mol. The van der Waals surface area contributed by atoms with Gasteiger partial charge in [0.25, 0.3) is 5.91 Å². The molecule has 0 unspecified atom stereocenters. The Kier molecular flexibility index (Phi) is 6.01. The van der Waals surface area contributed by atoms with Crippen LogP contribution in [0.5, 0.6) is 0 Å². The third-order valence-corrected chi connectivity index (χ3v) is 4.01. The summed E-state index contributed by atoms with van der Waals surface area (Å²) in [5, 5.41) is 6.65. The van der Waals surface area contributed by atoms with E-state index in [4.69, 9.17) is 9.15 Å². The summed E-state index contributed by atoms with van der Waals surface area (Å²) < 4.78 is 10.8. The van der Waals surface area contributed by atoms with Crippen molar-refractivity contribution in [1.29, 1.82) is 0 Å². The fraction of sp³-hybridized carbons (Fsp3) is 0.200. The lowest BCUT2D eigenvalue weighted by molar-refractivity contribution is -0.149. The maximum absolute atomic E-state index is 11.9. The number of esters is 1. The van der Waals surface area contributed by atoms with Crippen LogP contribution >= 0.6 is 0 Å². The zero-order chi connectivity index (χ0) is 19.9. The first-order valence-corrected chi connectivity index (χ1v) is 8.63. The number of amides is 1. The predicted octanol–water partition coefficient (Wildman–Crippen LogP) is 1.67. The zero-order valence-corrected chi connectivity index (χ0v) is 15.3. The molecule has 1 heterocycles. The van der Waals surface area contributed by atoms with Gasteiger partial charge in [-0.15, -0.1) is 5.10 Å². The van der Waals surface area contributed by atoms with Crippen molar-refractivity contribution >= 4 is 11.9 Å². The number of benzene rings is 2. The third kappa shape index (κ3) is 4.94. The van der Waals surface area contributed by atoms with Crippen LogP contribution < -0.4 is 11.1 Å². The quantitative estimate of drug-likeness (QED) is 0.625. The Labute approximate surface area is 160 Å². The minimum absolute atomic E-state index is 0.106. The predicted molar refractivity (Wildman–Crippen MR) is 100 cm³/mol. The SMILES string of the molecule is Cc1ccccc1CNC(=O)COC(=O)Cn1nc(-c2ccccc2)oc1=O. The molecule has 0 radical (unpaired) electrons. The van der Waals surface area contributed by atoms with E-state index in [1.807, 2.05) is 37.3 Å². The molecule has 8 heteroatoms. The number of carbonyl (C=O) groups is 2. The Bertz CT molecular complexity index is 1020. The van der Waals surface area contributed by atoms with Crippen LogP contribution in [-0.4, -0.2) is 28.3 Å². The fourth-order valence-electron chi connectivity index (χ4n) is 2.47. The van der Waals surface area contributed by atoms with Crippen molar-refractivity contribution in [2.45, 2.75) is 20.0 Å². The summed E-state index contributed by atoms with van der Waals surface area (Å²) in [7, 11) is 0. The van der Waals surface area contributed by atoms with Gasteiger partial charge in [0.15, 0.2) is 6.61 Å². The molecule has 0 aliphatic carbocycles. The van der Waals surface area contributed by atoms with Crippen LogP contribution in [0.15, 0.2) is 63.8 Å². The second kappa shape index (κ2) is 8.81. The highest BCUT2D eigenvalue weighted by Crippen LogP contribution is 2.13. The normalized spacial score (nSPS) is 10.5. The summed E-state index contributed by atoms with van der Waals surface area (Å²) in [5.74, 6) is -1.87. The molecule has 1 amide bonds. The Balaban J connectivity index is 1.49. The van der Waals surface area contributed by atoms with Crippen molar-refractivity contribution in [3.05, 3.63) is 76.3 Å². The van der Waals surface area contributed by atoms with E-state index in [0.717, 1.165) is 15.8 Å². The Morgan fingerprint density at radius 1 is 1.11 bits per heavy atom. The highest BCUT2D eigenvalue weighted by Gasteiger charge is 2.15. The van der Waals surface area contributed by atoms with Gasteiger partial charge in [0.05, 0.1) is 0 Å². The van der Waals surface area contributed by atoms with Crippen LogP contribution in [0.25, 0.3) is 11.5 Å². The standard InChI is InChI=1S/C20H19N3O5/c1-14-7-5-6-10-16(14)11-21-17(24)13-27-18(25)12-23-20(26)28-19(22-23)15-8-3-2-4-9-15/h2-10H,11-13H2,1H3,(H,21,24). The van der Waals surface area contributed by atoms with Gasteiger partial charge in [0.1, 0.15) is 6.54 Å². The van der Waals surface area contributed by atoms with Crippen molar-refractivity contribution in [1.82, 2.24) is 15.1 Å². The van der Waals surface area contributed by atoms with Crippen LogP contribution in [-0.2, 0) is 27.4 Å². The average Bonchev–Trinajstić information content (AvgIpc) is 3.07. The molecule has 28 heavy (non-hydrogen) atoms. The van der Waals surface area contributed by atoms with Crippen LogP contribution in [0.3, 0.4) is 0 Å². The fourth-order valence-corrected chi connectivity index (χ4v) is 2.47. The Hall–Kier alpha value is -3.68. The van der Waals surface area contributed by atoms with Crippen LogP contribution in [0, 0.1) is 6.92 Å². The van der Waals surface area contributed by atoms with Crippen LogP contribution in [0.2, 0.25) is 0 Å². The number of carbonyl (C=O) groups excluding carboxylic acids is 2. The van der Waals surface area contributed by atoms with E-state index in [9.17, 15) is 14.4 Å². The van der Waals surface area contributed by atoms with E-state index in [2.05, 4.69) is 10.4 Å². The molecular formula is C20H19N3O5. The second-order valence-electron chi connectivity index (χ2n) is 6.06. The molecule has 2 aromatic carbocycles. The van der Waals surface area contributed by atoms with Gasteiger partial charge in [-0.1, -0.05) is 42.5 Å². The van der Waals surface area contributed by atoms with Gasteiger partial charge in [-0.05, 0) is 30.2 Å². The van der Waals surface area contributed by atoms with Gasteiger partial charge < -0.3 is 14.5 Å². The van der Waals surface area contributed by atoms with Crippen molar-refractivity contribution in [3.8, 4) is 11.5 Å². The van der Waals surface area contributed by atoms with Gasteiger partial charge >= 0.3 is 11.7 Å². The first kappa shape index (κ1) is 19.1. The van der Waals surface area contributed by atoms with Gasteiger partial charge in [-0.25, -0.2) is 4.79 Å². The molecule has 0 saturated carbocycles. The van der Waals surface area contributed by atoms with Crippen molar-refractivity contribution < 1.29 is 18.7 Å². The summed E-state index contributed by atoms with van der Waals surface area (Å²) in [6, 6.07) is 16.5. The van der Waals surface area contributed by atoms with Crippen LogP contribution in [0.4, 0.5) is 0 Å². The monoisotopic (exact) mass is 381 g/mol. The molecule has 1 aromatic heterocycles. The van der Waals surface area contributed by atoms with E-state index in [0.29, 0.717) is 12.1 Å². The molecule has 0 saturated heterocycles. The topological polar surface area (TPSA) is 103 Å². The number of ether oxygens (including phenoxy) is 1. The van der Waals surface area contributed by atoms with E-state index < -0.39 is 30.8 Å². The summed E-state index contributed by atoms with van der Waals surface area (Å²) in [5.41, 5.74) is 2.64. The number of rotatable bonds is 7. The van der Waals surface area contributed by atoms with E-state index in [-0.39, 0.29) is 5.89 Å². The minimum atomic E-state index is -0.778. The summed E-state index contributed by atoms with van der Waals surface area (Å²) in [6.45, 7) is 1.40. The highest BCUT2D eigenvalue weighted by molar-refractivity contribution is 5.80. The summed E-state index contributed by atoms with van der Waals surface area (Å²) in [4.78, 5) is 35.6. The van der Waals surface area contributed by atoms with Crippen molar-refractivity contribution in [2.24, 2.45) is 0 Å². The molecule has 144 valence electrons. The zero-order valence-electron chi connectivity index (χ0n) is 15.3. The molecule has 0 fully saturated rings. The summed E-state index contributed by atoms with van der Waals surface area (Å²) >= 11 is 0. The number of aromatic nitrogens is 2. The molecule has 0 spiro atoms. The highest BCUT2D eigenvalue weighted by atomic mass is 16.5. The van der Waals surface area contributed by atoms with E-state index in [1.165, 1.54) is 0 Å². The molecule has 0 bridgehead atoms.